The normalized spacial score (nSPS) is 26.6. The molecule has 1 saturated heterocycles. The van der Waals surface area contributed by atoms with Gasteiger partial charge in [-0.3, -0.25) is 4.90 Å². The zero-order chi connectivity index (χ0) is 13.1. The van der Waals surface area contributed by atoms with Crippen LogP contribution in [0.4, 0.5) is 0 Å². The van der Waals surface area contributed by atoms with E-state index in [9.17, 15) is 5.11 Å². The topological polar surface area (TPSA) is 23.5 Å². The molecule has 1 N–H and O–H groups in total. The molecule has 0 aliphatic carbocycles. The first-order valence-electron chi connectivity index (χ1n) is 6.68. The molecule has 0 amide bonds. The average Bonchev–Trinajstić information content (AvgIpc) is 2.75. The monoisotopic (exact) mass is 265 g/mol. The maximum atomic E-state index is 10.4. The highest BCUT2D eigenvalue weighted by molar-refractivity contribution is 7.10. The van der Waals surface area contributed by atoms with Crippen LogP contribution >= 0.6 is 11.3 Å². The minimum atomic E-state index is -0.222. The lowest BCUT2D eigenvalue weighted by atomic mass is 9.90. The van der Waals surface area contributed by atoms with E-state index in [0.717, 1.165) is 26.1 Å². The summed E-state index contributed by atoms with van der Waals surface area (Å²) in [5.74, 6) is 0.340. The van der Waals surface area contributed by atoms with Crippen molar-refractivity contribution in [2.75, 3.05) is 19.6 Å². The second kappa shape index (κ2) is 6.00. The Morgan fingerprint density at radius 2 is 2.39 bits per heavy atom. The summed E-state index contributed by atoms with van der Waals surface area (Å²) in [5.41, 5.74) is 2.72. The predicted molar refractivity (Wildman–Crippen MR) is 78.3 cm³/mol. The molecule has 18 heavy (non-hydrogen) atoms. The van der Waals surface area contributed by atoms with Gasteiger partial charge >= 0.3 is 0 Å². The summed E-state index contributed by atoms with van der Waals surface area (Å²) in [6, 6.07) is 2.16. The van der Waals surface area contributed by atoms with Gasteiger partial charge in [-0.2, -0.15) is 0 Å². The van der Waals surface area contributed by atoms with Crippen molar-refractivity contribution in [2.24, 2.45) is 0 Å². The van der Waals surface area contributed by atoms with Crippen LogP contribution in [0.3, 0.4) is 0 Å². The summed E-state index contributed by atoms with van der Waals surface area (Å²) in [6.07, 6.45) is 3.00. The zero-order valence-corrected chi connectivity index (χ0v) is 12.3. The molecule has 0 unspecified atom stereocenters. The maximum absolute atomic E-state index is 10.4. The summed E-state index contributed by atoms with van der Waals surface area (Å²) >= 11 is 1.79. The highest BCUT2D eigenvalue weighted by atomic mass is 32.1. The molecular formula is C15H23NOS. The first-order valence-corrected chi connectivity index (χ1v) is 7.56. The highest BCUT2D eigenvalue weighted by Gasteiger charge is 2.30. The van der Waals surface area contributed by atoms with Crippen LogP contribution in [0.2, 0.25) is 0 Å². The highest BCUT2D eigenvalue weighted by Crippen LogP contribution is 2.34. The lowest BCUT2D eigenvalue weighted by molar-refractivity contribution is 0.0567. The van der Waals surface area contributed by atoms with Gasteiger partial charge in [-0.25, -0.2) is 0 Å². The molecule has 100 valence electrons. The number of β-amino-alcohol motifs (C(OH)–C–C–N with tert-alkyl or cyclic N) is 1. The summed E-state index contributed by atoms with van der Waals surface area (Å²) in [6.45, 7) is 9.26. The molecular weight excluding hydrogens is 242 g/mol. The van der Waals surface area contributed by atoms with E-state index in [0.29, 0.717) is 5.92 Å². The van der Waals surface area contributed by atoms with Crippen molar-refractivity contribution < 1.29 is 5.11 Å². The first-order chi connectivity index (χ1) is 8.61. The molecule has 2 heterocycles. The predicted octanol–water partition coefficient (Wildman–Crippen LogP) is 3.17. The van der Waals surface area contributed by atoms with E-state index in [1.54, 1.807) is 11.3 Å². The molecule has 1 aliphatic heterocycles. The quantitative estimate of drug-likeness (QED) is 0.849. The number of aryl methyl sites for hydroxylation is 1. The Balaban J connectivity index is 1.99. The Hall–Kier alpha value is -0.640. The third-order valence-electron chi connectivity index (χ3n) is 3.87. The fourth-order valence-corrected chi connectivity index (χ4v) is 3.78. The van der Waals surface area contributed by atoms with Gasteiger partial charge in [-0.1, -0.05) is 11.6 Å². The van der Waals surface area contributed by atoms with Gasteiger partial charge in [0.25, 0.3) is 0 Å². The number of thiophene rings is 1. The van der Waals surface area contributed by atoms with E-state index in [4.69, 9.17) is 0 Å². The van der Waals surface area contributed by atoms with E-state index in [2.05, 4.69) is 43.2 Å². The van der Waals surface area contributed by atoms with Crippen LogP contribution in [0.1, 0.15) is 36.6 Å². The largest absolute Gasteiger partial charge is 0.391 e. The molecule has 1 fully saturated rings. The Bertz CT molecular complexity index is 424. The molecule has 0 radical (unpaired) electrons. The van der Waals surface area contributed by atoms with Crippen molar-refractivity contribution >= 4 is 11.3 Å². The molecule has 0 saturated carbocycles. The summed E-state index contributed by atoms with van der Waals surface area (Å²) in [5, 5.41) is 12.5. The summed E-state index contributed by atoms with van der Waals surface area (Å²) in [7, 11) is 0. The van der Waals surface area contributed by atoms with Gasteiger partial charge in [-0.05, 0) is 50.7 Å². The van der Waals surface area contributed by atoms with Crippen LogP contribution in [-0.2, 0) is 0 Å². The SMILES string of the molecule is CC=C(C)CN1CC[C@@H](c2sccc2C)[C@H](O)C1. The van der Waals surface area contributed by atoms with Crippen LogP contribution in [-0.4, -0.2) is 35.7 Å². The molecule has 1 aliphatic rings. The molecule has 2 atom stereocenters. The van der Waals surface area contributed by atoms with Gasteiger partial charge < -0.3 is 5.11 Å². The minimum absolute atomic E-state index is 0.222. The smallest absolute Gasteiger partial charge is 0.0744 e. The lowest BCUT2D eigenvalue weighted by Crippen LogP contribution is -2.43. The van der Waals surface area contributed by atoms with Gasteiger partial charge in [0, 0.05) is 23.9 Å². The van der Waals surface area contributed by atoms with Gasteiger partial charge in [0.15, 0.2) is 0 Å². The van der Waals surface area contributed by atoms with E-state index in [-0.39, 0.29) is 6.10 Å². The molecule has 2 nitrogen and oxygen atoms in total. The Morgan fingerprint density at radius 1 is 1.61 bits per heavy atom. The fraction of sp³-hybridized carbons (Fsp3) is 0.600. The van der Waals surface area contributed by atoms with Gasteiger partial charge in [-0.15, -0.1) is 11.3 Å². The molecule has 3 heteroatoms. The number of allylic oxidation sites excluding steroid dienone is 1. The van der Waals surface area contributed by atoms with E-state index < -0.39 is 0 Å². The van der Waals surface area contributed by atoms with E-state index in [1.165, 1.54) is 16.0 Å². The molecule has 0 spiro atoms. The number of nitrogens with zero attached hydrogens (tertiary/aromatic N) is 1. The fourth-order valence-electron chi connectivity index (χ4n) is 2.65. The molecule has 2 rings (SSSR count). The van der Waals surface area contributed by atoms with Crippen molar-refractivity contribution in [3.05, 3.63) is 33.5 Å². The summed E-state index contributed by atoms with van der Waals surface area (Å²) in [4.78, 5) is 3.74. The van der Waals surface area contributed by atoms with Crippen LogP contribution < -0.4 is 0 Å². The summed E-state index contributed by atoms with van der Waals surface area (Å²) < 4.78 is 0. The minimum Gasteiger partial charge on any atom is -0.391 e. The number of hydrogen-bond acceptors (Lipinski definition) is 3. The van der Waals surface area contributed by atoms with E-state index >= 15 is 0 Å². The average molecular weight is 265 g/mol. The molecule has 0 aromatic carbocycles. The lowest BCUT2D eigenvalue weighted by Gasteiger charge is -2.36. The van der Waals surface area contributed by atoms with E-state index in [1.807, 2.05) is 0 Å². The number of rotatable bonds is 3. The van der Waals surface area contributed by atoms with Crippen LogP contribution in [0.15, 0.2) is 23.1 Å². The number of aliphatic hydroxyl groups excluding tert-OH is 1. The zero-order valence-electron chi connectivity index (χ0n) is 11.5. The molecule has 1 aromatic rings. The third-order valence-corrected chi connectivity index (χ3v) is 5.02. The number of piperidine rings is 1. The van der Waals surface area contributed by atoms with Gasteiger partial charge in [0.2, 0.25) is 0 Å². The van der Waals surface area contributed by atoms with Crippen molar-refractivity contribution in [1.82, 2.24) is 4.90 Å². The Kier molecular flexibility index (Phi) is 4.60. The van der Waals surface area contributed by atoms with Gasteiger partial charge in [0.1, 0.15) is 0 Å². The Labute approximate surface area is 114 Å². The van der Waals surface area contributed by atoms with Crippen molar-refractivity contribution in [1.29, 1.82) is 0 Å². The number of aliphatic hydroxyl groups is 1. The molecule has 1 aromatic heterocycles. The number of hydrogen-bond donors (Lipinski definition) is 1. The molecule has 0 bridgehead atoms. The third kappa shape index (κ3) is 3.02. The van der Waals surface area contributed by atoms with Gasteiger partial charge in [0.05, 0.1) is 6.10 Å². The van der Waals surface area contributed by atoms with Crippen LogP contribution in [0.25, 0.3) is 0 Å². The standard InChI is InChI=1S/C15H23NOS/c1-4-11(2)9-16-7-5-13(14(17)10-16)15-12(3)6-8-18-15/h4,6,8,13-14,17H,5,7,9-10H2,1-3H3/t13-,14-/m1/s1. The van der Waals surface area contributed by atoms with Crippen LogP contribution in [0.5, 0.6) is 0 Å². The van der Waals surface area contributed by atoms with Crippen molar-refractivity contribution in [3.63, 3.8) is 0 Å². The number of likely N-dealkylation sites (tertiary alicyclic amines) is 1. The van der Waals surface area contributed by atoms with Crippen molar-refractivity contribution in [3.8, 4) is 0 Å². The van der Waals surface area contributed by atoms with Crippen LogP contribution in [0, 0.1) is 6.92 Å². The second-order valence-corrected chi connectivity index (χ2v) is 6.25. The van der Waals surface area contributed by atoms with Crippen molar-refractivity contribution in [2.45, 2.75) is 39.2 Å². The maximum Gasteiger partial charge on any atom is 0.0744 e. The second-order valence-electron chi connectivity index (χ2n) is 5.30. The Morgan fingerprint density at radius 3 is 2.94 bits per heavy atom. The first kappa shape index (κ1) is 13.8.